The standard InChI is InChI=1S/C17H19N5O2/c1-20-8-4-6-14(20)16(24)21-9-3-2-5-13(21)12-11-15(23)22-10-7-18-17(22)19-12/h4,6-8,10-11,13H,2-3,5,9H2,1H3,(H,18,19)/t13-/m0/s1. The van der Waals surface area contributed by atoms with Crippen LogP contribution in [0.1, 0.15) is 41.5 Å². The van der Waals surface area contributed by atoms with Crippen LogP contribution < -0.4 is 5.56 Å². The Morgan fingerprint density at radius 1 is 1.33 bits per heavy atom. The molecule has 0 saturated carbocycles. The van der Waals surface area contributed by atoms with Gasteiger partial charge in [0.25, 0.3) is 11.5 Å². The highest BCUT2D eigenvalue weighted by atomic mass is 16.2. The number of hydrogen-bond donors (Lipinski definition) is 1. The molecule has 4 heterocycles. The third kappa shape index (κ3) is 2.33. The maximum Gasteiger partial charge on any atom is 0.271 e. The van der Waals surface area contributed by atoms with Gasteiger partial charge in [0.2, 0.25) is 5.78 Å². The third-order valence-corrected chi connectivity index (χ3v) is 4.70. The molecule has 7 heteroatoms. The van der Waals surface area contributed by atoms with E-state index >= 15 is 0 Å². The number of rotatable bonds is 2. The van der Waals surface area contributed by atoms with Crippen molar-refractivity contribution in [3.05, 3.63) is 58.5 Å². The Hall–Kier alpha value is -2.83. The van der Waals surface area contributed by atoms with Gasteiger partial charge in [-0.25, -0.2) is 4.98 Å². The number of hydrogen-bond acceptors (Lipinski definition) is 3. The Labute approximate surface area is 138 Å². The molecule has 0 bridgehead atoms. The van der Waals surface area contributed by atoms with Crippen LogP contribution in [0.2, 0.25) is 0 Å². The Kier molecular flexibility index (Phi) is 3.48. The van der Waals surface area contributed by atoms with Gasteiger partial charge in [-0.1, -0.05) is 0 Å². The fraction of sp³-hybridized carbons (Fsp3) is 0.353. The van der Waals surface area contributed by atoms with Gasteiger partial charge in [-0.3, -0.25) is 14.0 Å². The van der Waals surface area contributed by atoms with Crippen LogP contribution in [0.15, 0.2) is 41.6 Å². The minimum atomic E-state index is -0.131. The third-order valence-electron chi connectivity index (χ3n) is 4.70. The van der Waals surface area contributed by atoms with Gasteiger partial charge in [0, 0.05) is 43.9 Å². The molecule has 3 aromatic heterocycles. The molecule has 1 atom stereocenters. The topological polar surface area (TPSA) is 75.4 Å². The SMILES string of the molecule is Cn1cccc1C(=O)N1CCCC[C@H]1c1cc(=O)n2ccnc2[nH]1. The smallest absolute Gasteiger partial charge is 0.271 e. The Balaban J connectivity index is 1.74. The predicted octanol–water partition coefficient (Wildman–Crippen LogP) is 1.73. The zero-order chi connectivity index (χ0) is 16.7. The molecule has 1 aliphatic heterocycles. The van der Waals surface area contributed by atoms with Crippen LogP contribution in [0.3, 0.4) is 0 Å². The van der Waals surface area contributed by atoms with Gasteiger partial charge in [-0.15, -0.1) is 0 Å². The van der Waals surface area contributed by atoms with Crippen LogP contribution >= 0.6 is 0 Å². The molecule has 7 nitrogen and oxygen atoms in total. The summed E-state index contributed by atoms with van der Waals surface area (Å²) in [4.78, 5) is 34.5. The van der Waals surface area contributed by atoms with E-state index in [1.165, 1.54) is 4.40 Å². The molecule has 1 fully saturated rings. The van der Waals surface area contributed by atoms with Crippen molar-refractivity contribution < 1.29 is 4.79 Å². The first kappa shape index (κ1) is 14.7. The van der Waals surface area contributed by atoms with Crippen LogP contribution in [-0.2, 0) is 7.05 Å². The first-order valence-electron chi connectivity index (χ1n) is 8.14. The number of likely N-dealkylation sites (tertiary alicyclic amines) is 1. The highest BCUT2D eigenvalue weighted by Gasteiger charge is 2.30. The number of carbonyl (C=O) groups is 1. The molecule has 4 rings (SSSR count). The molecule has 0 radical (unpaired) electrons. The second kappa shape index (κ2) is 5.67. The lowest BCUT2D eigenvalue weighted by molar-refractivity contribution is 0.0596. The van der Waals surface area contributed by atoms with E-state index in [0.717, 1.165) is 25.0 Å². The first-order chi connectivity index (χ1) is 11.6. The van der Waals surface area contributed by atoms with Crippen molar-refractivity contribution >= 4 is 11.7 Å². The van der Waals surface area contributed by atoms with Crippen molar-refractivity contribution in [3.8, 4) is 0 Å². The van der Waals surface area contributed by atoms with Crippen molar-refractivity contribution in [1.29, 1.82) is 0 Å². The van der Waals surface area contributed by atoms with Crippen LogP contribution in [0.4, 0.5) is 0 Å². The van der Waals surface area contributed by atoms with Crippen LogP contribution in [0.5, 0.6) is 0 Å². The number of fused-ring (bicyclic) bond motifs is 1. The summed E-state index contributed by atoms with van der Waals surface area (Å²) in [6.07, 6.45) is 7.93. The zero-order valence-electron chi connectivity index (χ0n) is 13.5. The zero-order valence-corrected chi connectivity index (χ0v) is 13.5. The number of imidazole rings is 1. The number of amides is 1. The highest BCUT2D eigenvalue weighted by Crippen LogP contribution is 2.30. The second-order valence-electron chi connectivity index (χ2n) is 6.20. The van der Waals surface area contributed by atoms with Gasteiger partial charge in [-0.05, 0) is 31.4 Å². The average molecular weight is 325 g/mol. The fourth-order valence-electron chi connectivity index (χ4n) is 3.45. The normalized spacial score (nSPS) is 18.2. The summed E-state index contributed by atoms with van der Waals surface area (Å²) in [6, 6.07) is 5.14. The lowest BCUT2D eigenvalue weighted by Crippen LogP contribution is -2.40. The van der Waals surface area contributed by atoms with Gasteiger partial charge in [0.15, 0.2) is 0 Å². The molecule has 124 valence electrons. The van der Waals surface area contributed by atoms with Gasteiger partial charge in [0.1, 0.15) is 5.69 Å². The number of aromatic amines is 1. The van der Waals surface area contributed by atoms with Gasteiger partial charge in [-0.2, -0.15) is 0 Å². The van der Waals surface area contributed by atoms with Crippen LogP contribution in [0.25, 0.3) is 5.78 Å². The monoisotopic (exact) mass is 325 g/mol. The first-order valence-corrected chi connectivity index (χ1v) is 8.14. The van der Waals surface area contributed by atoms with Crippen molar-refractivity contribution in [1.82, 2.24) is 23.8 Å². The molecule has 0 aromatic carbocycles. The van der Waals surface area contributed by atoms with E-state index < -0.39 is 0 Å². The maximum atomic E-state index is 13.0. The van der Waals surface area contributed by atoms with E-state index in [1.807, 2.05) is 34.8 Å². The number of nitrogens with zero attached hydrogens (tertiary/aromatic N) is 4. The highest BCUT2D eigenvalue weighted by molar-refractivity contribution is 5.93. The molecule has 3 aromatic rings. The lowest BCUT2D eigenvalue weighted by Gasteiger charge is -2.35. The fourth-order valence-corrected chi connectivity index (χ4v) is 3.45. The maximum absolute atomic E-state index is 13.0. The molecular weight excluding hydrogens is 306 g/mol. The number of aryl methyl sites for hydroxylation is 1. The quantitative estimate of drug-likeness (QED) is 0.779. The molecule has 1 aliphatic rings. The largest absolute Gasteiger partial charge is 0.347 e. The van der Waals surface area contributed by atoms with Crippen molar-refractivity contribution in [3.63, 3.8) is 0 Å². The van der Waals surface area contributed by atoms with E-state index in [1.54, 1.807) is 18.5 Å². The Morgan fingerprint density at radius 3 is 3.00 bits per heavy atom. The summed E-state index contributed by atoms with van der Waals surface area (Å²) >= 11 is 0. The molecule has 1 saturated heterocycles. The lowest BCUT2D eigenvalue weighted by atomic mass is 9.98. The van der Waals surface area contributed by atoms with E-state index in [2.05, 4.69) is 9.97 Å². The number of H-pyrrole nitrogens is 1. The number of aromatic nitrogens is 4. The predicted molar refractivity (Wildman–Crippen MR) is 88.9 cm³/mol. The number of nitrogens with one attached hydrogen (secondary N) is 1. The van der Waals surface area contributed by atoms with E-state index in [9.17, 15) is 9.59 Å². The number of carbonyl (C=O) groups excluding carboxylic acids is 1. The summed E-state index contributed by atoms with van der Waals surface area (Å²) in [7, 11) is 1.87. The molecule has 24 heavy (non-hydrogen) atoms. The van der Waals surface area contributed by atoms with E-state index in [4.69, 9.17) is 0 Å². The average Bonchev–Trinajstić information content (AvgIpc) is 3.23. The van der Waals surface area contributed by atoms with Gasteiger partial charge in [0.05, 0.1) is 6.04 Å². The van der Waals surface area contributed by atoms with E-state index in [-0.39, 0.29) is 17.5 Å². The molecule has 1 N–H and O–H groups in total. The van der Waals surface area contributed by atoms with Crippen molar-refractivity contribution in [2.45, 2.75) is 25.3 Å². The summed E-state index contributed by atoms with van der Waals surface area (Å²) in [5.41, 5.74) is 1.28. The second-order valence-corrected chi connectivity index (χ2v) is 6.20. The Bertz CT molecular complexity index is 951. The van der Waals surface area contributed by atoms with Crippen molar-refractivity contribution in [2.24, 2.45) is 7.05 Å². The Morgan fingerprint density at radius 2 is 2.21 bits per heavy atom. The summed E-state index contributed by atoms with van der Waals surface area (Å²) in [5.74, 6) is 0.505. The molecule has 0 aliphatic carbocycles. The minimum absolute atomic E-state index is 0.00346. The van der Waals surface area contributed by atoms with Crippen LogP contribution in [0, 0.1) is 0 Å². The van der Waals surface area contributed by atoms with Gasteiger partial charge >= 0.3 is 0 Å². The molecule has 1 amide bonds. The number of piperidine rings is 1. The van der Waals surface area contributed by atoms with Gasteiger partial charge < -0.3 is 14.5 Å². The summed E-state index contributed by atoms with van der Waals surface area (Å²) in [6.45, 7) is 0.691. The minimum Gasteiger partial charge on any atom is -0.347 e. The molecular formula is C17H19N5O2. The molecule has 0 unspecified atom stereocenters. The molecule has 0 spiro atoms. The van der Waals surface area contributed by atoms with Crippen molar-refractivity contribution in [2.75, 3.05) is 6.54 Å². The van der Waals surface area contributed by atoms with E-state index in [0.29, 0.717) is 18.0 Å². The van der Waals surface area contributed by atoms with Crippen LogP contribution in [-0.4, -0.2) is 36.3 Å². The summed E-state index contributed by atoms with van der Waals surface area (Å²) in [5, 5.41) is 0. The summed E-state index contributed by atoms with van der Waals surface area (Å²) < 4.78 is 3.30.